The zero-order valence-corrected chi connectivity index (χ0v) is 14.0. The Morgan fingerprint density at radius 2 is 1.75 bits per heavy atom. The van der Waals surface area contributed by atoms with Gasteiger partial charge in [-0.3, -0.25) is 9.59 Å². The summed E-state index contributed by atoms with van der Waals surface area (Å²) >= 11 is 0. The van der Waals surface area contributed by atoms with Crippen LogP contribution in [0.5, 0.6) is 5.75 Å². The van der Waals surface area contributed by atoms with E-state index in [4.69, 9.17) is 4.74 Å². The lowest BCUT2D eigenvalue weighted by molar-refractivity contribution is -0.158. The number of carboxylic acids is 1. The summed E-state index contributed by atoms with van der Waals surface area (Å²) in [5.41, 5.74) is 1.04. The molecular weight excluding hydrogens is 306 g/mol. The number of methoxy groups -OCH3 is 1. The van der Waals surface area contributed by atoms with E-state index >= 15 is 0 Å². The van der Waals surface area contributed by atoms with Gasteiger partial charge in [0, 0.05) is 6.54 Å². The lowest BCUT2D eigenvalue weighted by atomic mass is 9.58. The van der Waals surface area contributed by atoms with Gasteiger partial charge in [0.25, 0.3) is 0 Å². The van der Waals surface area contributed by atoms with Crippen LogP contribution in [0.2, 0.25) is 0 Å². The number of carboxylic acid groups (broad SMARTS) is 1. The molecule has 3 aliphatic carbocycles. The van der Waals surface area contributed by atoms with Crippen LogP contribution in [-0.4, -0.2) is 30.6 Å². The fourth-order valence-electron chi connectivity index (χ4n) is 4.53. The van der Waals surface area contributed by atoms with Crippen LogP contribution >= 0.6 is 0 Å². The van der Waals surface area contributed by atoms with Crippen LogP contribution in [0.15, 0.2) is 24.3 Å². The number of benzene rings is 1. The minimum Gasteiger partial charge on any atom is -0.496 e. The van der Waals surface area contributed by atoms with E-state index in [-0.39, 0.29) is 23.7 Å². The van der Waals surface area contributed by atoms with Gasteiger partial charge in [-0.25, -0.2) is 0 Å². The first-order chi connectivity index (χ1) is 11.6. The molecule has 1 amide bonds. The maximum atomic E-state index is 12.6. The van der Waals surface area contributed by atoms with Gasteiger partial charge >= 0.3 is 5.97 Å². The number of hydrogen-bond donors (Lipinski definition) is 2. The number of hydrogen-bond acceptors (Lipinski definition) is 3. The van der Waals surface area contributed by atoms with Crippen molar-refractivity contribution >= 4 is 11.9 Å². The summed E-state index contributed by atoms with van der Waals surface area (Å²) in [5, 5.41) is 12.5. The Morgan fingerprint density at radius 3 is 2.38 bits per heavy atom. The third-order valence-corrected chi connectivity index (χ3v) is 5.69. The SMILES string of the molecule is COc1ccccc1CCNC(=O)[C@@H]1C2CCC(CC2)[C@@H]1C(=O)O. The number of amides is 1. The summed E-state index contributed by atoms with van der Waals surface area (Å²) in [6, 6.07) is 7.74. The van der Waals surface area contributed by atoms with E-state index in [1.54, 1.807) is 7.11 Å². The third-order valence-electron chi connectivity index (χ3n) is 5.69. The topological polar surface area (TPSA) is 75.6 Å². The Balaban J connectivity index is 1.61. The number of fused-ring (bicyclic) bond motifs is 3. The minimum atomic E-state index is -0.811. The van der Waals surface area contributed by atoms with E-state index in [0.717, 1.165) is 37.0 Å². The fraction of sp³-hybridized carbons (Fsp3) is 0.579. The predicted octanol–water partition coefficient (Wildman–Crippen LogP) is 2.49. The predicted molar refractivity (Wildman–Crippen MR) is 89.8 cm³/mol. The summed E-state index contributed by atoms with van der Waals surface area (Å²) < 4.78 is 5.32. The summed E-state index contributed by atoms with van der Waals surface area (Å²) in [5.74, 6) is -0.580. The zero-order chi connectivity index (χ0) is 17.1. The van der Waals surface area contributed by atoms with Crippen LogP contribution in [0.3, 0.4) is 0 Å². The van der Waals surface area contributed by atoms with Crippen LogP contribution < -0.4 is 10.1 Å². The van der Waals surface area contributed by atoms with Crippen molar-refractivity contribution in [2.24, 2.45) is 23.7 Å². The summed E-state index contributed by atoms with van der Waals surface area (Å²) in [4.78, 5) is 24.3. The van der Waals surface area contributed by atoms with Crippen molar-refractivity contribution in [2.45, 2.75) is 32.1 Å². The second-order valence-electron chi connectivity index (χ2n) is 6.92. The van der Waals surface area contributed by atoms with Crippen molar-refractivity contribution in [1.29, 1.82) is 0 Å². The highest BCUT2D eigenvalue weighted by Gasteiger charge is 2.50. The molecule has 1 aromatic carbocycles. The Bertz CT molecular complexity index is 607. The molecule has 130 valence electrons. The van der Waals surface area contributed by atoms with Crippen LogP contribution in [0, 0.1) is 23.7 Å². The Kier molecular flexibility index (Phi) is 5.07. The molecule has 5 nitrogen and oxygen atoms in total. The smallest absolute Gasteiger partial charge is 0.307 e. The molecule has 3 aliphatic rings. The van der Waals surface area contributed by atoms with Gasteiger partial charge in [0.15, 0.2) is 0 Å². The molecule has 3 saturated carbocycles. The molecule has 24 heavy (non-hydrogen) atoms. The van der Waals surface area contributed by atoms with Crippen molar-refractivity contribution in [3.05, 3.63) is 29.8 Å². The number of para-hydroxylation sites is 1. The van der Waals surface area contributed by atoms with E-state index in [1.807, 2.05) is 24.3 Å². The first-order valence-corrected chi connectivity index (χ1v) is 8.74. The average Bonchev–Trinajstić information content (AvgIpc) is 2.62. The van der Waals surface area contributed by atoms with Gasteiger partial charge in [-0.1, -0.05) is 18.2 Å². The lowest BCUT2D eigenvalue weighted by Crippen LogP contribution is -2.51. The van der Waals surface area contributed by atoms with E-state index in [0.29, 0.717) is 13.0 Å². The molecule has 0 radical (unpaired) electrons. The molecule has 1 aromatic rings. The van der Waals surface area contributed by atoms with E-state index in [2.05, 4.69) is 5.32 Å². The molecule has 0 spiro atoms. The van der Waals surface area contributed by atoms with Crippen LogP contribution in [-0.2, 0) is 16.0 Å². The largest absolute Gasteiger partial charge is 0.496 e. The van der Waals surface area contributed by atoms with Gasteiger partial charge in [-0.05, 0) is 55.6 Å². The number of aliphatic carboxylic acids is 1. The van der Waals surface area contributed by atoms with Crippen LogP contribution in [0.4, 0.5) is 0 Å². The second-order valence-corrected chi connectivity index (χ2v) is 6.92. The maximum Gasteiger partial charge on any atom is 0.307 e. The number of carbonyl (C=O) groups excluding carboxylic acids is 1. The lowest BCUT2D eigenvalue weighted by Gasteiger charge is -2.45. The highest BCUT2D eigenvalue weighted by atomic mass is 16.5. The van der Waals surface area contributed by atoms with E-state index in [9.17, 15) is 14.7 Å². The first kappa shape index (κ1) is 16.8. The van der Waals surface area contributed by atoms with Gasteiger partial charge in [-0.15, -0.1) is 0 Å². The molecule has 0 heterocycles. The molecule has 0 aromatic heterocycles. The Morgan fingerprint density at radius 1 is 1.12 bits per heavy atom. The van der Waals surface area contributed by atoms with Crippen molar-refractivity contribution in [2.75, 3.05) is 13.7 Å². The van der Waals surface area contributed by atoms with Crippen molar-refractivity contribution in [3.8, 4) is 5.75 Å². The molecular formula is C19H25NO4. The average molecular weight is 331 g/mol. The van der Waals surface area contributed by atoms with Gasteiger partial charge in [0.05, 0.1) is 18.9 Å². The first-order valence-electron chi connectivity index (χ1n) is 8.74. The van der Waals surface area contributed by atoms with Gasteiger partial charge in [0.2, 0.25) is 5.91 Å². The van der Waals surface area contributed by atoms with Gasteiger partial charge in [-0.2, -0.15) is 0 Å². The number of carbonyl (C=O) groups is 2. The highest BCUT2D eigenvalue weighted by Crippen LogP contribution is 2.49. The van der Waals surface area contributed by atoms with E-state index < -0.39 is 11.9 Å². The van der Waals surface area contributed by atoms with Crippen molar-refractivity contribution in [1.82, 2.24) is 5.32 Å². The minimum absolute atomic E-state index is 0.0910. The molecule has 3 fully saturated rings. The Labute approximate surface area is 142 Å². The maximum absolute atomic E-state index is 12.6. The fourth-order valence-corrected chi connectivity index (χ4v) is 4.53. The van der Waals surface area contributed by atoms with Crippen LogP contribution in [0.25, 0.3) is 0 Å². The second kappa shape index (κ2) is 7.24. The van der Waals surface area contributed by atoms with Crippen LogP contribution in [0.1, 0.15) is 31.2 Å². The molecule has 2 atom stereocenters. The zero-order valence-electron chi connectivity index (χ0n) is 14.0. The highest BCUT2D eigenvalue weighted by molar-refractivity contribution is 5.85. The van der Waals surface area contributed by atoms with Gasteiger partial charge < -0.3 is 15.2 Å². The summed E-state index contributed by atoms with van der Waals surface area (Å²) in [6.45, 7) is 0.499. The standard InChI is InChI=1S/C19H25NO4/c1-24-15-5-3-2-4-12(15)10-11-20-18(21)16-13-6-8-14(9-7-13)17(16)19(22)23/h2-5,13-14,16-17H,6-11H2,1H3,(H,20,21)(H,22,23)/t13?,14?,16-,17+/m1/s1. The normalized spacial score (nSPS) is 28.4. The number of rotatable bonds is 6. The monoisotopic (exact) mass is 331 g/mol. The number of ether oxygens (including phenoxy) is 1. The van der Waals surface area contributed by atoms with Crippen molar-refractivity contribution < 1.29 is 19.4 Å². The molecule has 2 bridgehead atoms. The molecule has 5 heteroatoms. The molecule has 0 unspecified atom stereocenters. The Hall–Kier alpha value is -2.04. The summed E-state index contributed by atoms with van der Waals surface area (Å²) in [7, 11) is 1.63. The van der Waals surface area contributed by atoms with Gasteiger partial charge in [0.1, 0.15) is 5.75 Å². The number of nitrogens with one attached hydrogen (secondary N) is 1. The molecule has 0 aliphatic heterocycles. The quantitative estimate of drug-likeness (QED) is 0.840. The van der Waals surface area contributed by atoms with E-state index in [1.165, 1.54) is 0 Å². The third kappa shape index (κ3) is 3.25. The molecule has 4 rings (SSSR count). The molecule has 2 N–H and O–H groups in total. The molecule has 0 saturated heterocycles. The van der Waals surface area contributed by atoms with Crippen molar-refractivity contribution in [3.63, 3.8) is 0 Å². The summed E-state index contributed by atoms with van der Waals surface area (Å²) in [6.07, 6.45) is 4.55.